The lowest BCUT2D eigenvalue weighted by Crippen LogP contribution is -2.13. The first kappa shape index (κ1) is 8.31. The van der Waals surface area contributed by atoms with E-state index in [0.717, 1.165) is 32.1 Å². The highest BCUT2D eigenvalue weighted by Gasteiger charge is 2.15. The third-order valence-corrected chi connectivity index (χ3v) is 2.11. The van der Waals surface area contributed by atoms with E-state index in [1.165, 1.54) is 0 Å². The van der Waals surface area contributed by atoms with Crippen LogP contribution in [0.1, 0.15) is 32.1 Å². The summed E-state index contributed by atoms with van der Waals surface area (Å²) in [6.07, 6.45) is 8.97. The predicted octanol–water partition coefficient (Wildman–Crippen LogP) is 2.21. The molecule has 0 aromatic carbocycles. The number of carboxylic acid groups (broad SMARTS) is 1. The van der Waals surface area contributed by atoms with Crippen molar-refractivity contribution in [1.82, 2.24) is 0 Å². The van der Waals surface area contributed by atoms with Gasteiger partial charge < -0.3 is 5.11 Å². The van der Waals surface area contributed by atoms with Crippen molar-refractivity contribution < 1.29 is 9.90 Å². The third-order valence-electron chi connectivity index (χ3n) is 2.11. The molecule has 0 aliphatic heterocycles. The van der Waals surface area contributed by atoms with E-state index in [0.29, 0.717) is 0 Å². The van der Waals surface area contributed by atoms with E-state index in [1.54, 1.807) is 0 Å². The predicted molar refractivity (Wildman–Crippen MR) is 43.4 cm³/mol. The van der Waals surface area contributed by atoms with Gasteiger partial charge in [-0.3, -0.25) is 4.79 Å². The highest BCUT2D eigenvalue weighted by atomic mass is 16.4. The van der Waals surface area contributed by atoms with E-state index in [2.05, 4.69) is 6.08 Å². The molecule has 1 N–H and O–H groups in total. The summed E-state index contributed by atoms with van der Waals surface area (Å²) >= 11 is 0. The zero-order chi connectivity index (χ0) is 8.10. The van der Waals surface area contributed by atoms with E-state index >= 15 is 0 Å². The van der Waals surface area contributed by atoms with Gasteiger partial charge in [-0.1, -0.05) is 18.6 Å². The average molecular weight is 154 g/mol. The largest absolute Gasteiger partial charge is 0.481 e. The number of allylic oxidation sites excluding steroid dienone is 2. The van der Waals surface area contributed by atoms with Crippen molar-refractivity contribution in [1.29, 1.82) is 0 Å². The van der Waals surface area contributed by atoms with Gasteiger partial charge in [-0.05, 0) is 25.7 Å². The van der Waals surface area contributed by atoms with Crippen molar-refractivity contribution in [3.8, 4) is 0 Å². The summed E-state index contributed by atoms with van der Waals surface area (Å²) in [5.74, 6) is -0.775. The van der Waals surface area contributed by atoms with Crippen LogP contribution in [0.5, 0.6) is 0 Å². The van der Waals surface area contributed by atoms with Crippen molar-refractivity contribution in [3.05, 3.63) is 12.2 Å². The monoisotopic (exact) mass is 154 g/mol. The van der Waals surface area contributed by atoms with Gasteiger partial charge in [-0.25, -0.2) is 0 Å². The normalized spacial score (nSPS) is 28.5. The molecule has 1 aliphatic carbocycles. The Bertz CT molecular complexity index is 161. The molecule has 0 aromatic heterocycles. The summed E-state index contributed by atoms with van der Waals surface area (Å²) in [5.41, 5.74) is 0. The topological polar surface area (TPSA) is 37.3 Å². The number of aliphatic carboxylic acids is 1. The lowest BCUT2D eigenvalue weighted by Gasteiger charge is -2.11. The molecule has 11 heavy (non-hydrogen) atoms. The minimum absolute atomic E-state index is 0.133. The molecule has 0 radical (unpaired) electrons. The van der Waals surface area contributed by atoms with Gasteiger partial charge in [0, 0.05) is 0 Å². The lowest BCUT2D eigenvalue weighted by atomic mass is 9.95. The van der Waals surface area contributed by atoms with Crippen LogP contribution < -0.4 is 0 Å². The maximum Gasteiger partial charge on any atom is 0.306 e. The zero-order valence-corrected chi connectivity index (χ0v) is 6.62. The molecule has 62 valence electrons. The molecule has 0 aromatic rings. The second-order valence-corrected chi connectivity index (χ2v) is 3.03. The Morgan fingerprint density at radius 1 is 1.36 bits per heavy atom. The first-order chi connectivity index (χ1) is 5.30. The van der Waals surface area contributed by atoms with E-state index in [4.69, 9.17) is 5.11 Å². The van der Waals surface area contributed by atoms with Crippen LogP contribution in [-0.4, -0.2) is 11.1 Å². The van der Waals surface area contributed by atoms with Crippen LogP contribution in [0.25, 0.3) is 0 Å². The molecular formula is C9H14O2. The summed E-state index contributed by atoms with van der Waals surface area (Å²) in [6.45, 7) is 0. The van der Waals surface area contributed by atoms with Crippen LogP contribution in [-0.2, 0) is 4.79 Å². The fraction of sp³-hybridized carbons (Fsp3) is 0.667. The first-order valence-electron chi connectivity index (χ1n) is 4.18. The van der Waals surface area contributed by atoms with E-state index in [-0.39, 0.29) is 5.92 Å². The van der Waals surface area contributed by atoms with E-state index in [1.807, 2.05) is 6.08 Å². The molecule has 1 atom stereocenters. The fourth-order valence-electron chi connectivity index (χ4n) is 1.37. The van der Waals surface area contributed by atoms with Crippen LogP contribution in [0.15, 0.2) is 12.2 Å². The van der Waals surface area contributed by atoms with Gasteiger partial charge in [-0.15, -0.1) is 0 Å². The van der Waals surface area contributed by atoms with Crippen LogP contribution in [0.4, 0.5) is 0 Å². The molecule has 0 spiro atoms. The Morgan fingerprint density at radius 3 is 2.91 bits per heavy atom. The van der Waals surface area contributed by atoms with E-state index in [9.17, 15) is 4.79 Å². The van der Waals surface area contributed by atoms with Crippen LogP contribution >= 0.6 is 0 Å². The molecule has 2 nitrogen and oxygen atoms in total. The van der Waals surface area contributed by atoms with Gasteiger partial charge in [-0.2, -0.15) is 0 Å². The Balaban J connectivity index is 2.45. The summed E-state index contributed by atoms with van der Waals surface area (Å²) in [4.78, 5) is 10.6. The Labute approximate surface area is 66.9 Å². The maximum atomic E-state index is 10.6. The molecule has 0 amide bonds. The van der Waals surface area contributed by atoms with Crippen molar-refractivity contribution >= 4 is 5.97 Å². The summed E-state index contributed by atoms with van der Waals surface area (Å²) in [6, 6.07) is 0. The number of carboxylic acids is 1. The Kier molecular flexibility index (Phi) is 3.14. The van der Waals surface area contributed by atoms with Gasteiger partial charge in [0.05, 0.1) is 5.92 Å². The minimum Gasteiger partial charge on any atom is -0.481 e. The van der Waals surface area contributed by atoms with Crippen LogP contribution in [0.2, 0.25) is 0 Å². The summed E-state index contributed by atoms with van der Waals surface area (Å²) in [7, 11) is 0. The first-order valence-corrected chi connectivity index (χ1v) is 4.18. The van der Waals surface area contributed by atoms with Crippen LogP contribution in [0, 0.1) is 5.92 Å². The molecule has 0 saturated carbocycles. The fourth-order valence-corrected chi connectivity index (χ4v) is 1.37. The maximum absolute atomic E-state index is 10.6. The van der Waals surface area contributed by atoms with E-state index < -0.39 is 5.97 Å². The highest BCUT2D eigenvalue weighted by Crippen LogP contribution is 2.17. The summed E-state index contributed by atoms with van der Waals surface area (Å²) < 4.78 is 0. The Hall–Kier alpha value is -0.790. The summed E-state index contributed by atoms with van der Waals surface area (Å²) in [5, 5.41) is 8.72. The van der Waals surface area contributed by atoms with Gasteiger partial charge in [0.15, 0.2) is 0 Å². The van der Waals surface area contributed by atoms with Crippen molar-refractivity contribution in [2.45, 2.75) is 32.1 Å². The quantitative estimate of drug-likeness (QED) is 0.588. The van der Waals surface area contributed by atoms with Crippen molar-refractivity contribution in [2.24, 2.45) is 5.92 Å². The standard InChI is InChI=1S/C9H14O2/c10-9(11)8-6-4-2-1-3-5-7-8/h2,4,8H,1,3,5-7H2,(H,10,11)/b4-2+. The lowest BCUT2D eigenvalue weighted by molar-refractivity contribution is -0.141. The smallest absolute Gasteiger partial charge is 0.306 e. The number of rotatable bonds is 1. The highest BCUT2D eigenvalue weighted by molar-refractivity contribution is 5.70. The second kappa shape index (κ2) is 4.16. The minimum atomic E-state index is -0.642. The molecule has 0 bridgehead atoms. The number of carbonyl (C=O) groups is 1. The molecule has 0 saturated heterocycles. The molecule has 1 rings (SSSR count). The SMILES string of the molecule is O=C(O)C1C/C=C/CCCC1. The molecule has 0 fully saturated rings. The van der Waals surface area contributed by atoms with Gasteiger partial charge >= 0.3 is 5.97 Å². The van der Waals surface area contributed by atoms with Gasteiger partial charge in [0.25, 0.3) is 0 Å². The molecule has 2 heteroatoms. The third kappa shape index (κ3) is 2.74. The molecule has 1 aliphatic rings. The molecule has 0 heterocycles. The Morgan fingerprint density at radius 2 is 2.18 bits per heavy atom. The zero-order valence-electron chi connectivity index (χ0n) is 6.62. The van der Waals surface area contributed by atoms with Gasteiger partial charge in [0.1, 0.15) is 0 Å². The van der Waals surface area contributed by atoms with Gasteiger partial charge in [0.2, 0.25) is 0 Å². The number of hydrogen-bond acceptors (Lipinski definition) is 1. The molecular weight excluding hydrogens is 140 g/mol. The number of hydrogen-bond donors (Lipinski definition) is 1. The van der Waals surface area contributed by atoms with Crippen LogP contribution in [0.3, 0.4) is 0 Å². The second-order valence-electron chi connectivity index (χ2n) is 3.03. The average Bonchev–Trinajstić information content (AvgIpc) is 1.84. The van der Waals surface area contributed by atoms with Crippen molar-refractivity contribution in [2.75, 3.05) is 0 Å². The van der Waals surface area contributed by atoms with Crippen molar-refractivity contribution in [3.63, 3.8) is 0 Å². The molecule has 1 unspecified atom stereocenters.